The maximum absolute atomic E-state index is 11.9. The third kappa shape index (κ3) is 3.88. The zero-order chi connectivity index (χ0) is 15.4. The molecule has 1 aromatic heterocycles. The molecule has 0 radical (unpaired) electrons. The summed E-state index contributed by atoms with van der Waals surface area (Å²) in [4.78, 5) is 14.3. The first-order valence-corrected chi connectivity index (χ1v) is 8.17. The van der Waals surface area contributed by atoms with Crippen LogP contribution < -0.4 is 10.6 Å². The summed E-state index contributed by atoms with van der Waals surface area (Å²) in [6.07, 6.45) is 5.72. The van der Waals surface area contributed by atoms with E-state index in [9.17, 15) is 9.90 Å². The van der Waals surface area contributed by atoms with Crippen molar-refractivity contribution in [1.29, 1.82) is 0 Å². The van der Waals surface area contributed by atoms with Gasteiger partial charge >= 0.3 is 0 Å². The summed E-state index contributed by atoms with van der Waals surface area (Å²) in [7, 11) is 0. The van der Waals surface area contributed by atoms with Gasteiger partial charge < -0.3 is 20.2 Å². The molecule has 1 unspecified atom stereocenters. The molecular formula is C16H25N3O3. The second kappa shape index (κ2) is 7.26. The van der Waals surface area contributed by atoms with Gasteiger partial charge in [-0.3, -0.25) is 9.69 Å². The van der Waals surface area contributed by atoms with E-state index < -0.39 is 0 Å². The summed E-state index contributed by atoms with van der Waals surface area (Å²) in [6.45, 7) is 2.50. The van der Waals surface area contributed by atoms with Gasteiger partial charge in [0, 0.05) is 25.2 Å². The first-order valence-electron chi connectivity index (χ1n) is 8.17. The summed E-state index contributed by atoms with van der Waals surface area (Å²) in [5.74, 6) is 0.752. The molecule has 122 valence electrons. The van der Waals surface area contributed by atoms with Crippen molar-refractivity contribution in [3.05, 3.63) is 24.2 Å². The Hall–Kier alpha value is -1.37. The molecule has 1 amide bonds. The van der Waals surface area contributed by atoms with Gasteiger partial charge in [-0.15, -0.1) is 0 Å². The Kier molecular flexibility index (Phi) is 5.12. The molecule has 1 aromatic rings. The van der Waals surface area contributed by atoms with E-state index in [4.69, 9.17) is 4.42 Å². The van der Waals surface area contributed by atoms with Gasteiger partial charge in [0.2, 0.25) is 5.91 Å². The minimum absolute atomic E-state index is 0.0106. The number of hydrogen-bond donors (Lipinski definition) is 3. The number of nitrogens with one attached hydrogen (secondary N) is 2. The highest BCUT2D eigenvalue weighted by atomic mass is 16.3. The van der Waals surface area contributed by atoms with Crippen LogP contribution in [0.4, 0.5) is 0 Å². The number of hydrogen-bond acceptors (Lipinski definition) is 5. The average Bonchev–Trinajstić information content (AvgIpc) is 3.24. The van der Waals surface area contributed by atoms with Gasteiger partial charge in [-0.25, -0.2) is 0 Å². The number of aliphatic hydroxyl groups excluding tert-OH is 1. The molecule has 1 saturated heterocycles. The Morgan fingerprint density at radius 3 is 3.05 bits per heavy atom. The summed E-state index contributed by atoms with van der Waals surface area (Å²) < 4.78 is 5.19. The number of carbonyl (C=O) groups is 1. The molecule has 6 heteroatoms. The summed E-state index contributed by atoms with van der Waals surface area (Å²) in [5.41, 5.74) is 0. The molecule has 22 heavy (non-hydrogen) atoms. The molecule has 1 saturated carbocycles. The zero-order valence-electron chi connectivity index (χ0n) is 12.8. The van der Waals surface area contributed by atoms with Crippen LogP contribution in [0.2, 0.25) is 0 Å². The molecule has 2 heterocycles. The lowest BCUT2D eigenvalue weighted by Crippen LogP contribution is -2.48. The molecule has 0 spiro atoms. The molecule has 0 bridgehead atoms. The summed E-state index contributed by atoms with van der Waals surface area (Å²) in [5, 5.41) is 15.9. The van der Waals surface area contributed by atoms with Gasteiger partial charge in [0.15, 0.2) is 0 Å². The monoisotopic (exact) mass is 307 g/mol. The minimum atomic E-state index is -0.183. The minimum Gasteiger partial charge on any atom is -0.467 e. The number of nitrogens with zero attached hydrogens (tertiary/aromatic N) is 1. The Morgan fingerprint density at radius 1 is 1.41 bits per heavy atom. The molecule has 3 N–H and O–H groups in total. The van der Waals surface area contributed by atoms with E-state index in [1.54, 1.807) is 6.26 Å². The van der Waals surface area contributed by atoms with Crippen molar-refractivity contribution in [2.24, 2.45) is 0 Å². The van der Waals surface area contributed by atoms with Crippen LogP contribution in [-0.2, 0) is 11.3 Å². The Labute approximate surface area is 130 Å². The Bertz CT molecular complexity index is 477. The van der Waals surface area contributed by atoms with Gasteiger partial charge in [-0.05, 0) is 31.4 Å². The quantitative estimate of drug-likeness (QED) is 0.712. The second-order valence-electron chi connectivity index (χ2n) is 6.28. The maximum Gasteiger partial charge on any atom is 0.234 e. The third-order valence-electron chi connectivity index (χ3n) is 4.71. The first kappa shape index (κ1) is 15.5. The van der Waals surface area contributed by atoms with Crippen molar-refractivity contribution >= 4 is 5.91 Å². The van der Waals surface area contributed by atoms with E-state index in [2.05, 4.69) is 15.5 Å². The van der Waals surface area contributed by atoms with E-state index in [0.29, 0.717) is 25.2 Å². The van der Waals surface area contributed by atoms with E-state index in [1.165, 1.54) is 6.42 Å². The first-order chi connectivity index (χ1) is 10.7. The van der Waals surface area contributed by atoms with Crippen LogP contribution >= 0.6 is 0 Å². The number of furan rings is 1. The fourth-order valence-electron chi connectivity index (χ4n) is 3.57. The van der Waals surface area contributed by atoms with Crippen LogP contribution in [0.3, 0.4) is 0 Å². The maximum atomic E-state index is 11.9. The van der Waals surface area contributed by atoms with Gasteiger partial charge in [0.25, 0.3) is 0 Å². The van der Waals surface area contributed by atoms with Crippen molar-refractivity contribution in [3.63, 3.8) is 0 Å². The molecule has 2 fully saturated rings. The third-order valence-corrected chi connectivity index (χ3v) is 4.71. The summed E-state index contributed by atoms with van der Waals surface area (Å²) in [6, 6.07) is 4.46. The molecule has 1 aliphatic carbocycles. The lowest BCUT2D eigenvalue weighted by Gasteiger charge is -2.29. The molecule has 0 aromatic carbocycles. The van der Waals surface area contributed by atoms with E-state index in [1.807, 2.05) is 12.1 Å². The van der Waals surface area contributed by atoms with Gasteiger partial charge in [-0.2, -0.15) is 0 Å². The van der Waals surface area contributed by atoms with Crippen molar-refractivity contribution < 1.29 is 14.3 Å². The van der Waals surface area contributed by atoms with Crippen molar-refractivity contribution in [2.75, 3.05) is 19.6 Å². The van der Waals surface area contributed by atoms with Crippen LogP contribution in [0.25, 0.3) is 0 Å². The van der Waals surface area contributed by atoms with E-state index >= 15 is 0 Å². The lowest BCUT2D eigenvalue weighted by molar-refractivity contribution is -0.120. The van der Waals surface area contributed by atoms with Crippen LogP contribution in [0, 0.1) is 0 Å². The molecule has 2 aliphatic rings. The number of likely N-dealkylation sites (tertiary alicyclic amines) is 1. The molecule has 3 rings (SSSR count). The van der Waals surface area contributed by atoms with Crippen molar-refractivity contribution in [1.82, 2.24) is 15.5 Å². The fourth-order valence-corrected chi connectivity index (χ4v) is 3.57. The second-order valence-corrected chi connectivity index (χ2v) is 6.28. The number of β-amino-alcohol motifs (C(OH)–C–C–N with tert-alkyl or cyclic N) is 1. The van der Waals surface area contributed by atoms with Crippen molar-refractivity contribution in [2.45, 2.75) is 50.4 Å². The highest BCUT2D eigenvalue weighted by molar-refractivity contribution is 5.77. The Morgan fingerprint density at radius 2 is 2.32 bits per heavy atom. The van der Waals surface area contributed by atoms with Crippen molar-refractivity contribution in [3.8, 4) is 0 Å². The molecular weight excluding hydrogens is 282 g/mol. The SMILES string of the molecule is O=C(CN[C@@H]1CCC[C@@H]1N1CCC(O)C1)NCc1ccco1. The molecule has 1 aliphatic heterocycles. The van der Waals surface area contributed by atoms with Crippen LogP contribution in [0.5, 0.6) is 0 Å². The van der Waals surface area contributed by atoms with Gasteiger partial charge in [-0.1, -0.05) is 6.42 Å². The summed E-state index contributed by atoms with van der Waals surface area (Å²) >= 11 is 0. The topological polar surface area (TPSA) is 77.7 Å². The highest BCUT2D eigenvalue weighted by Crippen LogP contribution is 2.27. The largest absolute Gasteiger partial charge is 0.467 e. The highest BCUT2D eigenvalue weighted by Gasteiger charge is 2.35. The fraction of sp³-hybridized carbons (Fsp3) is 0.688. The predicted molar refractivity (Wildman–Crippen MR) is 82.2 cm³/mol. The van der Waals surface area contributed by atoms with E-state index in [-0.39, 0.29) is 12.0 Å². The predicted octanol–water partition coefficient (Wildman–Crippen LogP) is 0.473. The normalized spacial score (nSPS) is 29.0. The lowest BCUT2D eigenvalue weighted by atomic mass is 10.1. The Balaban J connectivity index is 1.41. The standard InChI is InChI=1S/C16H25N3O3/c20-12-6-7-19(11-12)15-5-1-4-14(15)17-10-16(21)18-9-13-3-2-8-22-13/h2-3,8,12,14-15,17,20H,1,4-7,9-11H2,(H,18,21)/t12?,14-,15+/m1/s1. The van der Waals surface area contributed by atoms with E-state index in [0.717, 1.165) is 38.1 Å². The smallest absolute Gasteiger partial charge is 0.234 e. The zero-order valence-corrected chi connectivity index (χ0v) is 12.8. The molecule has 6 nitrogen and oxygen atoms in total. The van der Waals surface area contributed by atoms with Crippen LogP contribution in [0.1, 0.15) is 31.4 Å². The number of carbonyl (C=O) groups excluding carboxylic acids is 1. The number of rotatable bonds is 6. The average molecular weight is 307 g/mol. The van der Waals surface area contributed by atoms with Gasteiger partial charge in [0.05, 0.1) is 25.5 Å². The number of amides is 1. The van der Waals surface area contributed by atoms with Gasteiger partial charge in [0.1, 0.15) is 5.76 Å². The molecule has 3 atom stereocenters. The van der Waals surface area contributed by atoms with Crippen LogP contribution in [-0.4, -0.2) is 53.7 Å². The number of aliphatic hydroxyl groups is 1. The van der Waals surface area contributed by atoms with Crippen LogP contribution in [0.15, 0.2) is 22.8 Å².